The number of oxazole rings is 1. The van der Waals surface area contributed by atoms with Gasteiger partial charge in [-0.05, 0) is 55.4 Å². The lowest BCUT2D eigenvalue weighted by Crippen LogP contribution is -1.87. The summed E-state index contributed by atoms with van der Waals surface area (Å²) in [6, 6.07) is 21.0. The van der Waals surface area contributed by atoms with Crippen LogP contribution in [0.5, 0.6) is 0 Å². The third-order valence-corrected chi connectivity index (χ3v) is 5.29. The molecule has 2 heterocycles. The van der Waals surface area contributed by atoms with Gasteiger partial charge in [0.2, 0.25) is 5.89 Å². The second-order valence-electron chi connectivity index (χ2n) is 7.53. The molecular formula is C26H26N2O. The molecular weight excluding hydrogens is 356 g/mol. The van der Waals surface area contributed by atoms with Gasteiger partial charge in [-0.2, -0.15) is 4.98 Å². The zero-order valence-corrected chi connectivity index (χ0v) is 16.9. The molecule has 0 aliphatic carbocycles. The Morgan fingerprint density at radius 1 is 0.966 bits per heavy atom. The minimum absolute atomic E-state index is 0.609. The molecule has 0 aliphatic rings. The smallest absolute Gasteiger partial charge is 0.224 e. The van der Waals surface area contributed by atoms with E-state index in [0.29, 0.717) is 17.1 Å². The molecule has 2 aromatic carbocycles. The maximum Gasteiger partial charge on any atom is 0.224 e. The summed E-state index contributed by atoms with van der Waals surface area (Å²) in [5, 5.41) is 0. The molecule has 3 heteroatoms. The van der Waals surface area contributed by atoms with Crippen LogP contribution in [-0.4, -0.2) is 9.97 Å². The number of aromatic nitrogens is 2. The van der Waals surface area contributed by atoms with Crippen LogP contribution >= 0.6 is 0 Å². The first-order valence-corrected chi connectivity index (χ1v) is 10.3. The Morgan fingerprint density at radius 2 is 1.76 bits per heavy atom. The van der Waals surface area contributed by atoms with Gasteiger partial charge < -0.3 is 4.42 Å². The van der Waals surface area contributed by atoms with Gasteiger partial charge in [0.25, 0.3) is 0 Å². The van der Waals surface area contributed by atoms with Gasteiger partial charge in [0, 0.05) is 17.3 Å². The van der Waals surface area contributed by atoms with Crippen molar-refractivity contribution in [1.29, 1.82) is 0 Å². The molecule has 0 saturated heterocycles. The molecule has 0 bridgehead atoms. The first-order chi connectivity index (χ1) is 14.2. The number of hydrogen-bond acceptors (Lipinski definition) is 3. The first-order valence-electron chi connectivity index (χ1n) is 10.3. The van der Waals surface area contributed by atoms with Crippen molar-refractivity contribution in [2.45, 2.75) is 39.0 Å². The topological polar surface area (TPSA) is 38.9 Å². The van der Waals surface area contributed by atoms with E-state index in [1.807, 2.05) is 24.4 Å². The molecule has 0 radical (unpaired) electrons. The van der Waals surface area contributed by atoms with Crippen molar-refractivity contribution >= 4 is 16.8 Å². The number of nitrogens with zero attached hydrogens (tertiary/aromatic N) is 2. The van der Waals surface area contributed by atoms with Crippen molar-refractivity contribution in [1.82, 2.24) is 9.97 Å². The van der Waals surface area contributed by atoms with Crippen LogP contribution in [0, 0.1) is 6.92 Å². The van der Waals surface area contributed by atoms with E-state index >= 15 is 0 Å². The number of benzene rings is 2. The van der Waals surface area contributed by atoms with Gasteiger partial charge in [0.1, 0.15) is 0 Å². The number of hydrogen-bond donors (Lipinski definition) is 0. The minimum Gasteiger partial charge on any atom is -0.435 e. The monoisotopic (exact) mass is 382 g/mol. The number of aryl methyl sites for hydroxylation is 2. The molecule has 0 saturated carbocycles. The Hall–Kier alpha value is -3.20. The van der Waals surface area contributed by atoms with Crippen LogP contribution in [0.15, 0.2) is 77.9 Å². The molecule has 3 nitrogen and oxygen atoms in total. The average molecular weight is 383 g/mol. The Kier molecular flexibility index (Phi) is 5.85. The Morgan fingerprint density at radius 3 is 2.59 bits per heavy atom. The molecule has 0 fully saturated rings. The highest BCUT2D eigenvalue weighted by Gasteiger charge is 2.12. The van der Waals surface area contributed by atoms with Gasteiger partial charge in [0.05, 0.1) is 0 Å². The highest BCUT2D eigenvalue weighted by Crippen LogP contribution is 2.28. The summed E-state index contributed by atoms with van der Waals surface area (Å²) in [7, 11) is 0. The van der Waals surface area contributed by atoms with Crippen molar-refractivity contribution in [3.05, 3.63) is 90.5 Å². The van der Waals surface area contributed by atoms with E-state index in [4.69, 9.17) is 4.42 Å². The molecule has 4 aromatic rings. The predicted molar refractivity (Wildman–Crippen MR) is 120 cm³/mol. The van der Waals surface area contributed by atoms with E-state index < -0.39 is 0 Å². The predicted octanol–water partition coefficient (Wildman–Crippen LogP) is 7.01. The van der Waals surface area contributed by atoms with E-state index in [9.17, 15) is 0 Å². The van der Waals surface area contributed by atoms with Crippen LogP contribution < -0.4 is 0 Å². The van der Waals surface area contributed by atoms with Crippen LogP contribution in [0.25, 0.3) is 27.9 Å². The molecule has 0 spiro atoms. The fourth-order valence-corrected chi connectivity index (χ4v) is 3.61. The normalized spacial score (nSPS) is 11.1. The Balaban J connectivity index is 1.36. The largest absolute Gasteiger partial charge is 0.435 e. The van der Waals surface area contributed by atoms with Crippen LogP contribution in [0.4, 0.5) is 0 Å². The summed E-state index contributed by atoms with van der Waals surface area (Å²) in [4.78, 5) is 9.04. The van der Waals surface area contributed by atoms with Crippen LogP contribution in [0.3, 0.4) is 0 Å². The highest BCUT2D eigenvalue weighted by molar-refractivity contribution is 5.79. The molecule has 0 aliphatic heterocycles. The first kappa shape index (κ1) is 19.1. The van der Waals surface area contributed by atoms with Crippen LogP contribution in [0.1, 0.15) is 42.7 Å². The summed E-state index contributed by atoms with van der Waals surface area (Å²) in [5.41, 5.74) is 7.13. The summed E-state index contributed by atoms with van der Waals surface area (Å²) in [6.45, 7) is 6.29. The Labute approximate surface area is 172 Å². The highest BCUT2D eigenvalue weighted by atomic mass is 16.3. The minimum atomic E-state index is 0.609. The molecule has 2 aromatic heterocycles. The SMILES string of the molecule is C=C(CCCCCc1ccccc1)c1nc2ncc(-c3ccccc3C)cc2o1. The van der Waals surface area contributed by atoms with Gasteiger partial charge in [0.15, 0.2) is 11.2 Å². The van der Waals surface area contributed by atoms with E-state index in [2.05, 4.69) is 65.9 Å². The Bertz CT molecular complexity index is 1110. The number of fused-ring (bicyclic) bond motifs is 1. The number of allylic oxidation sites excluding steroid dienone is 1. The van der Waals surface area contributed by atoms with E-state index in [1.54, 1.807) is 0 Å². The van der Waals surface area contributed by atoms with Gasteiger partial charge in [-0.15, -0.1) is 0 Å². The van der Waals surface area contributed by atoms with Crippen molar-refractivity contribution in [3.8, 4) is 11.1 Å². The van der Waals surface area contributed by atoms with Crippen molar-refractivity contribution in [2.75, 3.05) is 0 Å². The second kappa shape index (κ2) is 8.87. The third-order valence-electron chi connectivity index (χ3n) is 5.29. The van der Waals surface area contributed by atoms with E-state index in [1.165, 1.54) is 24.0 Å². The van der Waals surface area contributed by atoms with Gasteiger partial charge >= 0.3 is 0 Å². The molecule has 29 heavy (non-hydrogen) atoms. The van der Waals surface area contributed by atoms with Gasteiger partial charge in [-0.1, -0.05) is 67.6 Å². The molecule has 0 unspecified atom stereocenters. The summed E-state index contributed by atoms with van der Waals surface area (Å²) < 4.78 is 5.99. The zero-order chi connectivity index (χ0) is 20.1. The second-order valence-corrected chi connectivity index (χ2v) is 7.53. The summed E-state index contributed by atoms with van der Waals surface area (Å²) in [6.07, 6.45) is 7.33. The summed E-state index contributed by atoms with van der Waals surface area (Å²) >= 11 is 0. The van der Waals surface area contributed by atoms with Gasteiger partial charge in [-0.25, -0.2) is 4.98 Å². The lowest BCUT2D eigenvalue weighted by Gasteiger charge is -2.04. The fourth-order valence-electron chi connectivity index (χ4n) is 3.61. The molecule has 4 rings (SSSR count). The standard InChI is InChI=1S/C26H26N2O/c1-19-11-9-10-16-23(19)22-17-24-25(27-18-22)28-26(29-24)20(2)12-5-3-6-13-21-14-7-4-8-15-21/h4,7-11,14-18H,2-3,5-6,12-13H2,1H3. The average Bonchev–Trinajstić information content (AvgIpc) is 3.18. The van der Waals surface area contributed by atoms with Gasteiger partial charge in [-0.3, -0.25) is 0 Å². The molecule has 146 valence electrons. The molecule has 0 amide bonds. The number of pyridine rings is 1. The van der Waals surface area contributed by atoms with Crippen LogP contribution in [-0.2, 0) is 6.42 Å². The van der Waals surface area contributed by atoms with Crippen molar-refractivity contribution in [3.63, 3.8) is 0 Å². The number of rotatable bonds is 8. The van der Waals surface area contributed by atoms with Crippen molar-refractivity contribution < 1.29 is 4.42 Å². The quantitative estimate of drug-likeness (QED) is 0.308. The number of unbranched alkanes of at least 4 members (excludes halogenated alkanes) is 2. The summed E-state index contributed by atoms with van der Waals surface area (Å²) in [5.74, 6) is 0.609. The van der Waals surface area contributed by atoms with Crippen molar-refractivity contribution in [2.24, 2.45) is 0 Å². The third kappa shape index (κ3) is 4.62. The fraction of sp³-hybridized carbons (Fsp3) is 0.231. The zero-order valence-electron chi connectivity index (χ0n) is 16.9. The molecule has 0 atom stereocenters. The lowest BCUT2D eigenvalue weighted by molar-refractivity contribution is 0.577. The maximum absolute atomic E-state index is 5.99. The van der Waals surface area contributed by atoms with E-state index in [0.717, 1.165) is 36.0 Å². The lowest BCUT2D eigenvalue weighted by atomic mass is 10.0. The van der Waals surface area contributed by atoms with Crippen LogP contribution in [0.2, 0.25) is 0 Å². The maximum atomic E-state index is 5.99. The molecule has 0 N–H and O–H groups in total. The van der Waals surface area contributed by atoms with E-state index in [-0.39, 0.29) is 0 Å².